The summed E-state index contributed by atoms with van der Waals surface area (Å²) in [5.74, 6) is 1.04. The molecule has 1 heterocycles. The molecule has 1 saturated carbocycles. The van der Waals surface area contributed by atoms with Crippen molar-refractivity contribution in [3.05, 3.63) is 0 Å². The summed E-state index contributed by atoms with van der Waals surface area (Å²) < 4.78 is 5.31. The van der Waals surface area contributed by atoms with Crippen molar-refractivity contribution in [3.8, 4) is 0 Å². The highest BCUT2D eigenvalue weighted by Crippen LogP contribution is 2.44. The van der Waals surface area contributed by atoms with Gasteiger partial charge in [-0.3, -0.25) is 0 Å². The van der Waals surface area contributed by atoms with Crippen molar-refractivity contribution < 1.29 is 4.74 Å². The first-order valence-electron chi connectivity index (χ1n) is 5.42. The van der Waals surface area contributed by atoms with E-state index in [1.807, 2.05) is 0 Å². The van der Waals surface area contributed by atoms with Crippen LogP contribution in [0.5, 0.6) is 0 Å². The van der Waals surface area contributed by atoms with Gasteiger partial charge >= 0.3 is 0 Å². The average Bonchev–Trinajstić information content (AvgIpc) is 2.04. The highest BCUT2D eigenvalue weighted by molar-refractivity contribution is 4.90. The Morgan fingerprint density at radius 3 is 2.33 bits per heavy atom. The molecule has 0 N–H and O–H groups in total. The Morgan fingerprint density at radius 2 is 1.92 bits per heavy atom. The summed E-state index contributed by atoms with van der Waals surface area (Å²) in [6, 6.07) is 0. The molecule has 0 aromatic heterocycles. The molecular weight excluding hydrogens is 148 g/mol. The predicted molar refractivity (Wildman–Crippen MR) is 50.1 cm³/mol. The summed E-state index contributed by atoms with van der Waals surface area (Å²) in [7, 11) is 0. The van der Waals surface area contributed by atoms with Gasteiger partial charge in [-0.05, 0) is 31.6 Å². The van der Waals surface area contributed by atoms with E-state index in [4.69, 9.17) is 4.74 Å². The molecule has 0 unspecified atom stereocenters. The fourth-order valence-corrected chi connectivity index (χ4v) is 2.67. The van der Waals surface area contributed by atoms with Gasteiger partial charge in [0.05, 0.1) is 13.2 Å². The summed E-state index contributed by atoms with van der Waals surface area (Å²) >= 11 is 0. The Morgan fingerprint density at radius 1 is 1.25 bits per heavy atom. The fourth-order valence-electron chi connectivity index (χ4n) is 2.67. The van der Waals surface area contributed by atoms with Gasteiger partial charge in [0.25, 0.3) is 0 Å². The largest absolute Gasteiger partial charge is 0.380 e. The van der Waals surface area contributed by atoms with Crippen LogP contribution in [-0.4, -0.2) is 13.2 Å². The van der Waals surface area contributed by atoms with Crippen molar-refractivity contribution in [1.82, 2.24) is 0 Å². The highest BCUT2D eigenvalue weighted by Gasteiger charge is 2.41. The number of rotatable bonds is 2. The Hall–Kier alpha value is -0.0400. The van der Waals surface area contributed by atoms with Gasteiger partial charge < -0.3 is 4.74 Å². The number of ether oxygens (including phenoxy) is 1. The number of hydrogen-bond donors (Lipinski definition) is 0. The summed E-state index contributed by atoms with van der Waals surface area (Å²) in [5.41, 5.74) is 0.657. The second kappa shape index (κ2) is 3.37. The lowest BCUT2D eigenvalue weighted by Gasteiger charge is -2.46. The maximum absolute atomic E-state index is 5.31. The van der Waals surface area contributed by atoms with E-state index < -0.39 is 0 Å². The maximum Gasteiger partial charge on any atom is 0.0544 e. The Labute approximate surface area is 75.5 Å². The fraction of sp³-hybridized carbons (Fsp3) is 1.00. The van der Waals surface area contributed by atoms with Gasteiger partial charge in [0.15, 0.2) is 0 Å². The van der Waals surface area contributed by atoms with E-state index in [0.29, 0.717) is 5.41 Å². The van der Waals surface area contributed by atoms with Gasteiger partial charge in [0.2, 0.25) is 0 Å². The van der Waals surface area contributed by atoms with Crippen LogP contribution in [-0.2, 0) is 4.74 Å². The zero-order chi connectivity index (χ0) is 8.44. The first-order valence-corrected chi connectivity index (χ1v) is 5.42. The molecule has 12 heavy (non-hydrogen) atoms. The quantitative estimate of drug-likeness (QED) is 0.616. The normalized spacial score (nSPS) is 28.8. The Balaban J connectivity index is 1.77. The second-order valence-corrected chi connectivity index (χ2v) is 4.72. The summed E-state index contributed by atoms with van der Waals surface area (Å²) in [6.07, 6.45) is 8.65. The van der Waals surface area contributed by atoms with Crippen LogP contribution in [0.4, 0.5) is 0 Å². The molecule has 2 rings (SSSR count). The molecule has 0 amide bonds. The zero-order valence-corrected chi connectivity index (χ0v) is 8.14. The Bertz CT molecular complexity index is 139. The zero-order valence-electron chi connectivity index (χ0n) is 8.14. The van der Waals surface area contributed by atoms with Crippen molar-refractivity contribution >= 4 is 0 Å². The van der Waals surface area contributed by atoms with Crippen LogP contribution in [0.1, 0.15) is 45.4 Å². The SMILES string of the molecule is CCCC1CCC2(CC1)COC2. The van der Waals surface area contributed by atoms with Crippen molar-refractivity contribution in [2.24, 2.45) is 11.3 Å². The lowest BCUT2D eigenvalue weighted by atomic mass is 9.68. The van der Waals surface area contributed by atoms with Crippen LogP contribution < -0.4 is 0 Å². The van der Waals surface area contributed by atoms with Crippen molar-refractivity contribution in [3.63, 3.8) is 0 Å². The van der Waals surface area contributed by atoms with Crippen LogP contribution in [0.2, 0.25) is 0 Å². The predicted octanol–water partition coefficient (Wildman–Crippen LogP) is 2.99. The molecule has 0 aromatic carbocycles. The first kappa shape index (κ1) is 8.55. The van der Waals surface area contributed by atoms with Crippen LogP contribution in [0.15, 0.2) is 0 Å². The van der Waals surface area contributed by atoms with Crippen LogP contribution >= 0.6 is 0 Å². The van der Waals surface area contributed by atoms with Gasteiger partial charge in [-0.15, -0.1) is 0 Å². The third-order valence-electron chi connectivity index (χ3n) is 3.68. The smallest absolute Gasteiger partial charge is 0.0544 e. The van der Waals surface area contributed by atoms with Gasteiger partial charge in [0.1, 0.15) is 0 Å². The van der Waals surface area contributed by atoms with E-state index in [9.17, 15) is 0 Å². The molecule has 2 fully saturated rings. The molecule has 0 aromatic rings. The van der Waals surface area contributed by atoms with Gasteiger partial charge in [0, 0.05) is 5.41 Å². The topological polar surface area (TPSA) is 9.23 Å². The van der Waals surface area contributed by atoms with Gasteiger partial charge in [-0.2, -0.15) is 0 Å². The summed E-state index contributed by atoms with van der Waals surface area (Å²) in [6.45, 7) is 4.43. The Kier molecular flexibility index (Phi) is 2.40. The van der Waals surface area contributed by atoms with Crippen LogP contribution in [0.25, 0.3) is 0 Å². The molecule has 70 valence electrons. The lowest BCUT2D eigenvalue weighted by Crippen LogP contribution is -2.45. The highest BCUT2D eigenvalue weighted by atomic mass is 16.5. The van der Waals surface area contributed by atoms with Crippen LogP contribution in [0, 0.1) is 11.3 Å². The van der Waals surface area contributed by atoms with Gasteiger partial charge in [-0.1, -0.05) is 19.8 Å². The van der Waals surface area contributed by atoms with E-state index in [1.165, 1.54) is 38.5 Å². The third-order valence-corrected chi connectivity index (χ3v) is 3.68. The molecular formula is C11H20O. The second-order valence-electron chi connectivity index (χ2n) is 4.72. The standard InChI is InChI=1S/C11H20O/c1-2-3-10-4-6-11(7-5-10)8-12-9-11/h10H,2-9H2,1H3. The molecule has 1 aliphatic heterocycles. The maximum atomic E-state index is 5.31. The van der Waals surface area contributed by atoms with E-state index in [-0.39, 0.29) is 0 Å². The van der Waals surface area contributed by atoms with Crippen molar-refractivity contribution in [2.45, 2.75) is 45.4 Å². The molecule has 1 saturated heterocycles. The summed E-state index contributed by atoms with van der Waals surface area (Å²) in [5, 5.41) is 0. The van der Waals surface area contributed by atoms with E-state index in [1.54, 1.807) is 0 Å². The first-order chi connectivity index (χ1) is 5.85. The van der Waals surface area contributed by atoms with E-state index >= 15 is 0 Å². The molecule has 1 aliphatic carbocycles. The average molecular weight is 168 g/mol. The monoisotopic (exact) mass is 168 g/mol. The van der Waals surface area contributed by atoms with Gasteiger partial charge in [-0.25, -0.2) is 0 Å². The molecule has 1 nitrogen and oxygen atoms in total. The van der Waals surface area contributed by atoms with Crippen LogP contribution in [0.3, 0.4) is 0 Å². The molecule has 1 heteroatoms. The van der Waals surface area contributed by atoms with E-state index in [2.05, 4.69) is 6.92 Å². The van der Waals surface area contributed by atoms with Crippen molar-refractivity contribution in [2.75, 3.05) is 13.2 Å². The molecule has 2 aliphatic rings. The molecule has 0 radical (unpaired) electrons. The molecule has 0 atom stereocenters. The summed E-state index contributed by atoms with van der Waals surface area (Å²) in [4.78, 5) is 0. The minimum atomic E-state index is 0.657. The molecule has 0 bridgehead atoms. The van der Waals surface area contributed by atoms with Crippen molar-refractivity contribution in [1.29, 1.82) is 0 Å². The lowest BCUT2D eigenvalue weighted by molar-refractivity contribution is -0.136. The minimum absolute atomic E-state index is 0.657. The number of hydrogen-bond acceptors (Lipinski definition) is 1. The minimum Gasteiger partial charge on any atom is -0.380 e. The third kappa shape index (κ3) is 1.52. The van der Waals surface area contributed by atoms with E-state index in [0.717, 1.165) is 19.1 Å². The molecule has 1 spiro atoms.